The van der Waals surface area contributed by atoms with E-state index in [0.29, 0.717) is 13.0 Å². The fourth-order valence-electron chi connectivity index (χ4n) is 3.43. The SMILES string of the molecule is CC(C)C[C@@H]1NC[C@@H](C(=O)OC(C)(C)C)[C@H]1N(C(=O)OC(C)(C)C)C(=O)OC(C)(C)C. The van der Waals surface area contributed by atoms with Gasteiger partial charge in [0, 0.05) is 12.6 Å². The zero-order valence-corrected chi connectivity index (χ0v) is 21.1. The normalized spacial score (nSPS) is 22.3. The average Bonchev–Trinajstić information content (AvgIpc) is 2.84. The summed E-state index contributed by atoms with van der Waals surface area (Å²) in [6.07, 6.45) is -1.01. The minimum Gasteiger partial charge on any atom is -0.460 e. The molecule has 0 saturated carbocycles. The number of ether oxygens (including phenoxy) is 3. The molecule has 1 fully saturated rings. The molecule has 0 unspecified atom stereocenters. The molecule has 1 saturated heterocycles. The highest BCUT2D eigenvalue weighted by atomic mass is 16.6. The smallest absolute Gasteiger partial charge is 0.420 e. The molecule has 0 aromatic rings. The van der Waals surface area contributed by atoms with E-state index in [9.17, 15) is 14.4 Å². The Kier molecular flexibility index (Phi) is 8.56. The molecule has 0 aromatic heterocycles. The van der Waals surface area contributed by atoms with Crippen molar-refractivity contribution in [3.63, 3.8) is 0 Å². The molecule has 0 bridgehead atoms. The molecule has 0 spiro atoms. The first-order chi connectivity index (χ1) is 13.8. The van der Waals surface area contributed by atoms with Gasteiger partial charge in [-0.15, -0.1) is 0 Å². The van der Waals surface area contributed by atoms with Crippen molar-refractivity contribution in [2.75, 3.05) is 6.54 Å². The summed E-state index contributed by atoms with van der Waals surface area (Å²) >= 11 is 0. The number of nitrogens with one attached hydrogen (secondary N) is 1. The molecule has 8 nitrogen and oxygen atoms in total. The second-order valence-electron chi connectivity index (χ2n) is 11.6. The van der Waals surface area contributed by atoms with Crippen LogP contribution in [0, 0.1) is 11.8 Å². The van der Waals surface area contributed by atoms with Gasteiger partial charge in [0.25, 0.3) is 0 Å². The van der Waals surface area contributed by atoms with E-state index >= 15 is 0 Å². The minimum absolute atomic E-state index is 0.275. The standard InChI is InChI=1S/C23H42N2O6/c1-14(2)12-16-17(15(13-24-16)18(26)29-21(3,4)5)25(19(27)30-22(6,7)8)20(28)31-23(9,10)11/h14-17,24H,12-13H2,1-11H3/t15-,16+,17-/m1/s1. The summed E-state index contributed by atoms with van der Waals surface area (Å²) in [5.41, 5.74) is -2.34. The zero-order valence-electron chi connectivity index (χ0n) is 21.1. The summed E-state index contributed by atoms with van der Waals surface area (Å²) in [5.74, 6) is -0.923. The average molecular weight is 443 g/mol. The molecule has 31 heavy (non-hydrogen) atoms. The second-order valence-corrected chi connectivity index (χ2v) is 11.6. The fourth-order valence-corrected chi connectivity index (χ4v) is 3.43. The number of rotatable bonds is 4. The summed E-state index contributed by atoms with van der Waals surface area (Å²) in [5, 5.41) is 3.31. The molecule has 1 rings (SSSR count). The van der Waals surface area contributed by atoms with Crippen molar-refractivity contribution in [3.8, 4) is 0 Å². The zero-order chi connectivity index (χ0) is 24.4. The third kappa shape index (κ3) is 9.05. The minimum atomic E-state index is -0.835. The quantitative estimate of drug-likeness (QED) is 0.506. The maximum absolute atomic E-state index is 13.2. The van der Waals surface area contributed by atoms with E-state index in [4.69, 9.17) is 14.2 Å². The van der Waals surface area contributed by atoms with E-state index in [0.717, 1.165) is 4.90 Å². The Bertz CT molecular complexity index is 626. The number of carbonyl (C=O) groups is 3. The van der Waals surface area contributed by atoms with Crippen molar-refractivity contribution in [1.82, 2.24) is 10.2 Å². The van der Waals surface area contributed by atoms with Crippen LogP contribution in [0.4, 0.5) is 9.59 Å². The van der Waals surface area contributed by atoms with Crippen LogP contribution in [0.2, 0.25) is 0 Å². The number of carbonyl (C=O) groups excluding carboxylic acids is 3. The Morgan fingerprint density at radius 3 is 1.61 bits per heavy atom. The number of nitrogens with zero attached hydrogens (tertiary/aromatic N) is 1. The van der Waals surface area contributed by atoms with Gasteiger partial charge in [0.15, 0.2) is 0 Å². The van der Waals surface area contributed by atoms with Gasteiger partial charge in [-0.1, -0.05) is 13.8 Å². The highest BCUT2D eigenvalue weighted by Gasteiger charge is 2.51. The van der Waals surface area contributed by atoms with Gasteiger partial charge in [0.2, 0.25) is 0 Å². The predicted molar refractivity (Wildman–Crippen MR) is 119 cm³/mol. The maximum atomic E-state index is 13.2. The van der Waals surface area contributed by atoms with E-state index in [-0.39, 0.29) is 12.0 Å². The van der Waals surface area contributed by atoms with Crippen LogP contribution in [0.15, 0.2) is 0 Å². The molecule has 0 radical (unpaired) electrons. The summed E-state index contributed by atoms with van der Waals surface area (Å²) in [6.45, 7) is 20.1. The fraction of sp³-hybridized carbons (Fsp3) is 0.870. The first kappa shape index (κ1) is 27.2. The van der Waals surface area contributed by atoms with Crippen LogP contribution in [-0.4, -0.2) is 58.5 Å². The lowest BCUT2D eigenvalue weighted by Gasteiger charge is -2.36. The van der Waals surface area contributed by atoms with Gasteiger partial charge in [0.1, 0.15) is 16.8 Å². The monoisotopic (exact) mass is 442 g/mol. The van der Waals surface area contributed by atoms with Crippen molar-refractivity contribution in [3.05, 3.63) is 0 Å². The summed E-state index contributed by atoms with van der Waals surface area (Å²) < 4.78 is 16.7. The summed E-state index contributed by atoms with van der Waals surface area (Å²) in [6, 6.07) is -1.08. The molecular weight excluding hydrogens is 400 g/mol. The van der Waals surface area contributed by atoms with E-state index in [2.05, 4.69) is 5.32 Å². The van der Waals surface area contributed by atoms with Crippen LogP contribution in [0.3, 0.4) is 0 Å². The van der Waals surface area contributed by atoms with Gasteiger partial charge in [-0.2, -0.15) is 0 Å². The molecule has 3 atom stereocenters. The Morgan fingerprint density at radius 1 is 0.839 bits per heavy atom. The molecule has 0 aromatic carbocycles. The molecule has 1 aliphatic heterocycles. The topological polar surface area (TPSA) is 94.2 Å². The number of hydrogen-bond donors (Lipinski definition) is 1. The van der Waals surface area contributed by atoms with E-state index in [1.807, 2.05) is 13.8 Å². The van der Waals surface area contributed by atoms with Crippen molar-refractivity contribution >= 4 is 18.2 Å². The van der Waals surface area contributed by atoms with Gasteiger partial charge in [0.05, 0.1) is 12.0 Å². The van der Waals surface area contributed by atoms with Crippen LogP contribution in [0.1, 0.15) is 82.6 Å². The highest BCUT2D eigenvalue weighted by Crippen LogP contribution is 2.30. The van der Waals surface area contributed by atoms with E-state index in [1.165, 1.54) is 0 Å². The molecule has 180 valence electrons. The molecule has 1 aliphatic rings. The lowest BCUT2D eigenvalue weighted by Crippen LogP contribution is -2.56. The third-order valence-corrected chi connectivity index (χ3v) is 4.34. The molecule has 0 aliphatic carbocycles. The van der Waals surface area contributed by atoms with Gasteiger partial charge in [-0.3, -0.25) is 4.79 Å². The Balaban J connectivity index is 3.42. The lowest BCUT2D eigenvalue weighted by atomic mass is 9.91. The number of hydrogen-bond acceptors (Lipinski definition) is 7. The summed E-state index contributed by atoms with van der Waals surface area (Å²) in [7, 11) is 0. The van der Waals surface area contributed by atoms with E-state index in [1.54, 1.807) is 62.3 Å². The van der Waals surface area contributed by atoms with Crippen LogP contribution in [-0.2, 0) is 19.0 Å². The maximum Gasteiger partial charge on any atom is 0.420 e. The molecule has 1 N–H and O–H groups in total. The Labute approximate surface area is 187 Å². The molecule has 2 amide bonds. The van der Waals surface area contributed by atoms with Gasteiger partial charge < -0.3 is 19.5 Å². The van der Waals surface area contributed by atoms with Gasteiger partial charge in [-0.25, -0.2) is 14.5 Å². The highest BCUT2D eigenvalue weighted by molar-refractivity contribution is 5.90. The van der Waals surface area contributed by atoms with Crippen LogP contribution in [0.5, 0.6) is 0 Å². The molecule has 8 heteroatoms. The van der Waals surface area contributed by atoms with Gasteiger partial charge in [-0.05, 0) is 74.7 Å². The van der Waals surface area contributed by atoms with E-state index < -0.39 is 46.9 Å². The molecular formula is C23H42N2O6. The Morgan fingerprint density at radius 2 is 1.26 bits per heavy atom. The van der Waals surface area contributed by atoms with Gasteiger partial charge >= 0.3 is 18.2 Å². The van der Waals surface area contributed by atoms with Crippen molar-refractivity contribution < 1.29 is 28.6 Å². The van der Waals surface area contributed by atoms with Crippen LogP contribution >= 0.6 is 0 Å². The van der Waals surface area contributed by atoms with Crippen molar-refractivity contribution in [2.45, 2.75) is 111 Å². The summed E-state index contributed by atoms with van der Waals surface area (Å²) in [4.78, 5) is 40.4. The van der Waals surface area contributed by atoms with Crippen LogP contribution < -0.4 is 5.32 Å². The Hall–Kier alpha value is -1.83. The number of imide groups is 1. The predicted octanol–water partition coefficient (Wildman–Crippen LogP) is 4.50. The van der Waals surface area contributed by atoms with Crippen molar-refractivity contribution in [2.24, 2.45) is 11.8 Å². The molecule has 1 heterocycles. The third-order valence-electron chi connectivity index (χ3n) is 4.34. The van der Waals surface area contributed by atoms with Crippen LogP contribution in [0.25, 0.3) is 0 Å². The first-order valence-corrected chi connectivity index (χ1v) is 11.0. The first-order valence-electron chi connectivity index (χ1n) is 11.0. The largest absolute Gasteiger partial charge is 0.460 e. The number of amides is 2. The van der Waals surface area contributed by atoms with Crippen molar-refractivity contribution in [1.29, 1.82) is 0 Å². The lowest BCUT2D eigenvalue weighted by molar-refractivity contribution is -0.160. The second kappa shape index (κ2) is 9.76. The number of esters is 1.